The maximum absolute atomic E-state index is 14.1. The number of fused-ring (bicyclic) bond motifs is 2. The van der Waals surface area contributed by atoms with E-state index in [1.165, 1.54) is 0 Å². The molecular formula is C36H66N2O11. The Kier molecular flexibility index (Phi) is 13.3. The highest BCUT2D eigenvalue weighted by Gasteiger charge is 2.52. The molecule has 49 heavy (non-hydrogen) atoms. The van der Waals surface area contributed by atoms with Gasteiger partial charge in [-0.05, 0) is 80.8 Å². The van der Waals surface area contributed by atoms with Crippen molar-refractivity contribution in [2.75, 3.05) is 41.0 Å². The molecule has 4 rings (SSSR count). The van der Waals surface area contributed by atoms with Crippen LogP contribution in [-0.4, -0.2) is 150 Å². The number of nitrogens with zero attached hydrogens (tertiary/aromatic N) is 2. The second-order valence-corrected chi connectivity index (χ2v) is 16.4. The van der Waals surface area contributed by atoms with Gasteiger partial charge in [-0.3, -0.25) is 9.69 Å². The van der Waals surface area contributed by atoms with Crippen molar-refractivity contribution in [2.45, 2.75) is 166 Å². The van der Waals surface area contributed by atoms with Crippen LogP contribution in [-0.2, 0) is 38.0 Å². The fourth-order valence-electron chi connectivity index (χ4n) is 8.71. The van der Waals surface area contributed by atoms with E-state index >= 15 is 0 Å². The standard InChI is InChI=1S/C36H66N2O11/c1-13-26-36(9)18-38(19-44-36)17-20(2)15-34(7,42)31(49-33-28(39)25(37(10)11)14-21(3)45-33)22(4)29(23(5)32(41)47-26)48-27-16-35(8,43-12)30(40)24(6)46-27/h20-31,33,39-40,42H,13-19H2,1-12H3/t20-,21-,22+,23-,24+,25+,26-,27+,28-,29+,30+,31-,33+,34-,35-,36+/m1/s1. The summed E-state index contributed by atoms with van der Waals surface area (Å²) in [7, 11) is 5.36. The molecule has 13 nitrogen and oxygen atoms in total. The third-order valence-electron chi connectivity index (χ3n) is 11.6. The lowest BCUT2D eigenvalue weighted by atomic mass is 9.77. The molecule has 17 atom stereocenters. The Labute approximate surface area is 293 Å². The zero-order valence-corrected chi connectivity index (χ0v) is 32.0. The van der Waals surface area contributed by atoms with Gasteiger partial charge in [0.05, 0.1) is 41.5 Å². The van der Waals surface area contributed by atoms with Gasteiger partial charge in [0.1, 0.15) is 30.6 Å². The Morgan fingerprint density at radius 3 is 2.31 bits per heavy atom. The Balaban J connectivity index is 1.77. The molecule has 4 saturated heterocycles. The minimum Gasteiger partial charge on any atom is -0.459 e. The predicted octanol–water partition coefficient (Wildman–Crippen LogP) is 2.52. The van der Waals surface area contributed by atoms with Crippen molar-refractivity contribution in [1.82, 2.24) is 9.80 Å². The SMILES string of the molecule is CC[C@H]1OC(=O)[C@H](C)[C@@H](O[C@H]2C[C@@](C)(OC)[C@@H](O)[C@H](C)O2)[C@H](C)[C@@H](O[C@@H]2O[C@H](C)C[C@H](N(C)C)[C@H]2O)[C@](C)(O)C[C@@H](C)CN2CO[C@@]1(C)C2. The molecule has 0 spiro atoms. The molecular weight excluding hydrogens is 636 g/mol. The van der Waals surface area contributed by atoms with Gasteiger partial charge in [0.25, 0.3) is 0 Å². The molecule has 1 unspecified atom stereocenters. The van der Waals surface area contributed by atoms with Crippen molar-refractivity contribution >= 4 is 5.97 Å². The number of aliphatic hydroxyl groups excluding tert-OH is 2. The highest BCUT2D eigenvalue weighted by atomic mass is 16.7. The topological polar surface area (TPSA) is 149 Å². The summed E-state index contributed by atoms with van der Waals surface area (Å²) in [6.45, 7) is 18.6. The fourth-order valence-corrected chi connectivity index (χ4v) is 8.71. The van der Waals surface area contributed by atoms with E-state index in [9.17, 15) is 20.1 Å². The molecule has 0 aliphatic carbocycles. The fraction of sp³-hybridized carbons (Fsp3) is 0.972. The number of methoxy groups -OCH3 is 1. The summed E-state index contributed by atoms with van der Waals surface area (Å²) in [5, 5.41) is 34.8. The number of aliphatic hydroxyl groups is 3. The van der Waals surface area contributed by atoms with Gasteiger partial charge < -0.3 is 53.4 Å². The summed E-state index contributed by atoms with van der Waals surface area (Å²) in [5.74, 6) is -1.91. The van der Waals surface area contributed by atoms with Crippen molar-refractivity contribution in [2.24, 2.45) is 17.8 Å². The van der Waals surface area contributed by atoms with Gasteiger partial charge in [-0.25, -0.2) is 0 Å². The van der Waals surface area contributed by atoms with Crippen LogP contribution in [0.5, 0.6) is 0 Å². The third-order valence-corrected chi connectivity index (χ3v) is 11.6. The highest BCUT2D eigenvalue weighted by Crippen LogP contribution is 2.40. The number of hydrogen-bond acceptors (Lipinski definition) is 13. The van der Waals surface area contributed by atoms with Gasteiger partial charge in [-0.2, -0.15) is 0 Å². The van der Waals surface area contributed by atoms with E-state index < -0.39 is 83.8 Å². The lowest BCUT2D eigenvalue weighted by molar-refractivity contribution is -0.318. The average Bonchev–Trinajstić information content (AvgIpc) is 3.40. The van der Waals surface area contributed by atoms with Crippen LogP contribution in [0.25, 0.3) is 0 Å². The Hall–Kier alpha value is -0.970. The van der Waals surface area contributed by atoms with Crippen molar-refractivity contribution in [3.63, 3.8) is 0 Å². The summed E-state index contributed by atoms with van der Waals surface area (Å²) in [6.07, 6.45) is -5.18. The van der Waals surface area contributed by atoms with Gasteiger partial charge in [0, 0.05) is 38.6 Å². The molecule has 0 aromatic rings. The number of ether oxygens (including phenoxy) is 7. The summed E-state index contributed by atoms with van der Waals surface area (Å²) in [4.78, 5) is 18.3. The normalized spacial score (nSPS) is 50.6. The minimum atomic E-state index is -1.45. The maximum atomic E-state index is 14.1. The van der Waals surface area contributed by atoms with Gasteiger partial charge >= 0.3 is 5.97 Å². The molecule has 4 aliphatic rings. The van der Waals surface area contributed by atoms with Crippen LogP contribution in [0.3, 0.4) is 0 Å². The zero-order valence-electron chi connectivity index (χ0n) is 32.0. The Bertz CT molecular complexity index is 1100. The molecule has 0 amide bonds. The first-order chi connectivity index (χ1) is 22.7. The molecule has 0 aromatic heterocycles. The van der Waals surface area contributed by atoms with Gasteiger partial charge in [0.2, 0.25) is 0 Å². The molecule has 2 bridgehead atoms. The molecule has 4 aliphatic heterocycles. The van der Waals surface area contributed by atoms with Gasteiger partial charge in [-0.1, -0.05) is 20.8 Å². The molecule has 0 saturated carbocycles. The van der Waals surface area contributed by atoms with Crippen LogP contribution in [0.2, 0.25) is 0 Å². The minimum absolute atomic E-state index is 0.0266. The maximum Gasteiger partial charge on any atom is 0.311 e. The van der Waals surface area contributed by atoms with Gasteiger partial charge in [0.15, 0.2) is 12.6 Å². The number of carbonyl (C=O) groups excluding carboxylic acids is 1. The number of likely N-dealkylation sites (N-methyl/N-ethyl adjacent to an activating group) is 1. The second-order valence-electron chi connectivity index (χ2n) is 16.4. The lowest BCUT2D eigenvalue weighted by Gasteiger charge is -2.49. The van der Waals surface area contributed by atoms with Crippen molar-refractivity contribution in [3.05, 3.63) is 0 Å². The smallest absolute Gasteiger partial charge is 0.311 e. The predicted molar refractivity (Wildman–Crippen MR) is 181 cm³/mol. The number of cyclic esters (lactones) is 1. The molecule has 4 fully saturated rings. The average molecular weight is 703 g/mol. The van der Waals surface area contributed by atoms with Crippen LogP contribution in [0.4, 0.5) is 0 Å². The summed E-state index contributed by atoms with van der Waals surface area (Å²) < 4.78 is 44.1. The van der Waals surface area contributed by atoms with Crippen LogP contribution in [0.1, 0.15) is 88.0 Å². The van der Waals surface area contributed by atoms with Crippen LogP contribution >= 0.6 is 0 Å². The van der Waals surface area contributed by atoms with Crippen LogP contribution in [0.15, 0.2) is 0 Å². The first kappa shape index (κ1) is 40.8. The van der Waals surface area contributed by atoms with Crippen molar-refractivity contribution in [1.29, 1.82) is 0 Å². The highest BCUT2D eigenvalue weighted by molar-refractivity contribution is 5.73. The molecule has 0 radical (unpaired) electrons. The van der Waals surface area contributed by atoms with Crippen LogP contribution < -0.4 is 0 Å². The number of hydrogen-bond donors (Lipinski definition) is 3. The van der Waals surface area contributed by atoms with Gasteiger partial charge in [-0.15, -0.1) is 0 Å². The molecule has 13 heteroatoms. The first-order valence-electron chi connectivity index (χ1n) is 18.2. The zero-order chi connectivity index (χ0) is 36.6. The molecule has 286 valence electrons. The van der Waals surface area contributed by atoms with Crippen LogP contribution in [0, 0.1) is 17.8 Å². The third kappa shape index (κ3) is 8.98. The Morgan fingerprint density at radius 2 is 1.69 bits per heavy atom. The van der Waals surface area contributed by atoms with E-state index in [2.05, 4.69) is 11.8 Å². The molecule has 4 heterocycles. The van der Waals surface area contributed by atoms with E-state index in [0.717, 1.165) is 0 Å². The lowest BCUT2D eigenvalue weighted by Crippen LogP contribution is -2.60. The van der Waals surface area contributed by atoms with E-state index in [-0.39, 0.29) is 24.5 Å². The van der Waals surface area contributed by atoms with Crippen molar-refractivity contribution < 1.29 is 53.3 Å². The molecule has 3 N–H and O–H groups in total. The largest absolute Gasteiger partial charge is 0.459 e. The number of rotatable bonds is 7. The number of esters is 1. The monoisotopic (exact) mass is 702 g/mol. The number of carbonyl (C=O) groups is 1. The second kappa shape index (κ2) is 16.0. The summed E-state index contributed by atoms with van der Waals surface area (Å²) >= 11 is 0. The summed E-state index contributed by atoms with van der Waals surface area (Å²) in [5.41, 5.74) is -3.10. The van der Waals surface area contributed by atoms with E-state index in [1.54, 1.807) is 34.8 Å². The van der Waals surface area contributed by atoms with E-state index in [4.69, 9.17) is 33.2 Å². The summed E-state index contributed by atoms with van der Waals surface area (Å²) in [6, 6.07) is -0.224. The quantitative estimate of drug-likeness (QED) is 0.334. The Morgan fingerprint density at radius 1 is 1.02 bits per heavy atom. The molecule has 0 aromatic carbocycles. The van der Waals surface area contributed by atoms with E-state index in [1.807, 2.05) is 46.7 Å². The first-order valence-corrected chi connectivity index (χ1v) is 18.2. The van der Waals surface area contributed by atoms with E-state index in [0.29, 0.717) is 39.1 Å². The van der Waals surface area contributed by atoms with Crippen molar-refractivity contribution in [3.8, 4) is 0 Å².